The third-order valence-corrected chi connectivity index (χ3v) is 4.66. The molecule has 0 radical (unpaired) electrons. The number of rotatable bonds is 9. The van der Waals surface area contributed by atoms with Crippen molar-refractivity contribution in [1.82, 2.24) is 0 Å². The molecule has 0 heterocycles. The molecule has 6 heteroatoms. The summed E-state index contributed by atoms with van der Waals surface area (Å²) in [6, 6.07) is 20.9. The molecule has 0 saturated carbocycles. The third-order valence-electron chi connectivity index (χ3n) is 4.66. The van der Waals surface area contributed by atoms with Crippen molar-refractivity contribution in [3.8, 4) is 11.5 Å². The number of anilines is 2. The van der Waals surface area contributed by atoms with Crippen molar-refractivity contribution in [1.29, 1.82) is 0 Å². The third kappa shape index (κ3) is 6.09. The number of hydrogen-bond donors (Lipinski definition) is 2. The highest BCUT2D eigenvalue weighted by Crippen LogP contribution is 2.23. The van der Waals surface area contributed by atoms with Gasteiger partial charge in [-0.2, -0.15) is 0 Å². The normalized spacial score (nSPS) is 10.3. The lowest BCUT2D eigenvalue weighted by atomic mass is 10.1. The monoisotopic (exact) mass is 418 g/mol. The molecule has 0 unspecified atom stereocenters. The number of unbranched alkanes of at least 4 members (excludes halogenated alkanes) is 1. The lowest BCUT2D eigenvalue weighted by molar-refractivity contribution is 0.101. The fraction of sp³-hybridized carbons (Fsp3) is 0.200. The van der Waals surface area contributed by atoms with E-state index in [-0.39, 0.29) is 11.8 Å². The molecule has 0 aromatic heterocycles. The first-order chi connectivity index (χ1) is 15.1. The van der Waals surface area contributed by atoms with Crippen molar-refractivity contribution >= 4 is 23.2 Å². The van der Waals surface area contributed by atoms with Crippen LogP contribution in [0.5, 0.6) is 11.5 Å². The number of methoxy groups -OCH3 is 1. The Morgan fingerprint density at radius 3 is 1.68 bits per heavy atom. The van der Waals surface area contributed by atoms with Crippen molar-refractivity contribution in [3.63, 3.8) is 0 Å². The van der Waals surface area contributed by atoms with E-state index in [0.29, 0.717) is 34.9 Å². The Balaban J connectivity index is 1.67. The summed E-state index contributed by atoms with van der Waals surface area (Å²) < 4.78 is 10.7. The van der Waals surface area contributed by atoms with Crippen molar-refractivity contribution in [3.05, 3.63) is 83.9 Å². The van der Waals surface area contributed by atoms with E-state index in [1.54, 1.807) is 79.9 Å². The minimum atomic E-state index is -0.280. The minimum absolute atomic E-state index is 0.272. The van der Waals surface area contributed by atoms with E-state index in [9.17, 15) is 9.59 Å². The van der Waals surface area contributed by atoms with Gasteiger partial charge in [-0.05, 0) is 67.1 Å². The van der Waals surface area contributed by atoms with Gasteiger partial charge in [-0.25, -0.2) is 0 Å². The van der Waals surface area contributed by atoms with Gasteiger partial charge in [0.2, 0.25) is 0 Å². The van der Waals surface area contributed by atoms with E-state index in [2.05, 4.69) is 17.6 Å². The SMILES string of the molecule is CCCCOc1ccc(C(=O)Nc2ccccc2NC(=O)c2ccc(OC)cc2)cc1. The van der Waals surface area contributed by atoms with Crippen molar-refractivity contribution in [2.75, 3.05) is 24.4 Å². The molecule has 0 fully saturated rings. The highest BCUT2D eigenvalue weighted by Gasteiger charge is 2.12. The van der Waals surface area contributed by atoms with Crippen LogP contribution in [0.1, 0.15) is 40.5 Å². The molecule has 0 spiro atoms. The van der Waals surface area contributed by atoms with Crippen LogP contribution in [0.25, 0.3) is 0 Å². The lowest BCUT2D eigenvalue weighted by Gasteiger charge is -2.13. The van der Waals surface area contributed by atoms with E-state index in [0.717, 1.165) is 18.6 Å². The van der Waals surface area contributed by atoms with E-state index in [1.807, 2.05) is 0 Å². The molecule has 2 amide bonds. The van der Waals surface area contributed by atoms with Gasteiger partial charge in [0.15, 0.2) is 0 Å². The largest absolute Gasteiger partial charge is 0.497 e. The molecule has 31 heavy (non-hydrogen) atoms. The first kappa shape index (κ1) is 21.9. The van der Waals surface area contributed by atoms with Crippen LogP contribution in [0.15, 0.2) is 72.8 Å². The summed E-state index contributed by atoms with van der Waals surface area (Å²) in [6.07, 6.45) is 2.05. The van der Waals surface area contributed by atoms with Gasteiger partial charge in [0.05, 0.1) is 25.1 Å². The van der Waals surface area contributed by atoms with Crippen LogP contribution in [-0.2, 0) is 0 Å². The van der Waals surface area contributed by atoms with Gasteiger partial charge in [0.1, 0.15) is 11.5 Å². The van der Waals surface area contributed by atoms with Crippen LogP contribution in [0, 0.1) is 0 Å². The van der Waals surface area contributed by atoms with Crippen molar-refractivity contribution in [2.45, 2.75) is 19.8 Å². The first-order valence-electron chi connectivity index (χ1n) is 10.2. The predicted molar refractivity (Wildman–Crippen MR) is 122 cm³/mol. The Morgan fingerprint density at radius 2 is 1.23 bits per heavy atom. The van der Waals surface area contributed by atoms with Gasteiger partial charge in [-0.3, -0.25) is 9.59 Å². The smallest absolute Gasteiger partial charge is 0.255 e. The van der Waals surface area contributed by atoms with Gasteiger partial charge in [-0.15, -0.1) is 0 Å². The van der Waals surface area contributed by atoms with Gasteiger partial charge < -0.3 is 20.1 Å². The summed E-state index contributed by atoms with van der Waals surface area (Å²) in [6.45, 7) is 2.76. The van der Waals surface area contributed by atoms with E-state index in [4.69, 9.17) is 9.47 Å². The van der Waals surface area contributed by atoms with Crippen LogP contribution < -0.4 is 20.1 Å². The number of para-hydroxylation sites is 2. The fourth-order valence-electron chi connectivity index (χ4n) is 2.87. The van der Waals surface area contributed by atoms with Gasteiger partial charge >= 0.3 is 0 Å². The van der Waals surface area contributed by atoms with E-state index in [1.165, 1.54) is 0 Å². The second-order valence-electron chi connectivity index (χ2n) is 6.91. The molecule has 160 valence electrons. The second kappa shape index (κ2) is 10.8. The van der Waals surface area contributed by atoms with Crippen LogP contribution in [-0.4, -0.2) is 25.5 Å². The maximum atomic E-state index is 12.7. The molecular formula is C25H26N2O4. The Kier molecular flexibility index (Phi) is 7.65. The Hall–Kier alpha value is -3.80. The molecule has 3 aromatic carbocycles. The zero-order valence-electron chi connectivity index (χ0n) is 17.7. The average Bonchev–Trinajstić information content (AvgIpc) is 2.81. The summed E-state index contributed by atoms with van der Waals surface area (Å²) in [5, 5.41) is 5.70. The molecule has 0 bridgehead atoms. The summed E-state index contributed by atoms with van der Waals surface area (Å²) in [7, 11) is 1.57. The molecule has 0 aliphatic rings. The molecule has 0 saturated heterocycles. The molecule has 6 nitrogen and oxygen atoms in total. The summed E-state index contributed by atoms with van der Waals surface area (Å²) in [5.74, 6) is 0.854. The Morgan fingerprint density at radius 1 is 0.742 bits per heavy atom. The Bertz CT molecular complexity index is 1010. The summed E-state index contributed by atoms with van der Waals surface area (Å²) in [4.78, 5) is 25.3. The molecular weight excluding hydrogens is 392 g/mol. The number of nitrogens with one attached hydrogen (secondary N) is 2. The average molecular weight is 418 g/mol. The zero-order chi connectivity index (χ0) is 22.1. The minimum Gasteiger partial charge on any atom is -0.497 e. The standard InChI is InChI=1S/C25H26N2O4/c1-3-4-17-31-21-15-11-19(12-16-21)25(29)27-23-8-6-5-7-22(23)26-24(28)18-9-13-20(30-2)14-10-18/h5-16H,3-4,17H2,1-2H3,(H,26,28)(H,27,29). The number of ether oxygens (including phenoxy) is 2. The first-order valence-corrected chi connectivity index (χ1v) is 10.2. The molecule has 0 aliphatic heterocycles. The summed E-state index contributed by atoms with van der Waals surface area (Å²) >= 11 is 0. The van der Waals surface area contributed by atoms with Crippen LogP contribution in [0.2, 0.25) is 0 Å². The highest BCUT2D eigenvalue weighted by molar-refractivity contribution is 6.10. The topological polar surface area (TPSA) is 76.7 Å². The van der Waals surface area contributed by atoms with E-state index < -0.39 is 0 Å². The number of carbonyl (C=O) groups is 2. The fourth-order valence-corrected chi connectivity index (χ4v) is 2.87. The molecule has 2 N–H and O–H groups in total. The number of carbonyl (C=O) groups excluding carboxylic acids is 2. The van der Waals surface area contributed by atoms with Gasteiger partial charge in [0.25, 0.3) is 11.8 Å². The van der Waals surface area contributed by atoms with Gasteiger partial charge in [0, 0.05) is 11.1 Å². The quantitative estimate of drug-likeness (QED) is 0.458. The number of hydrogen-bond acceptors (Lipinski definition) is 4. The van der Waals surface area contributed by atoms with Crippen LogP contribution >= 0.6 is 0 Å². The second-order valence-corrected chi connectivity index (χ2v) is 6.91. The number of benzene rings is 3. The maximum Gasteiger partial charge on any atom is 0.255 e. The molecule has 3 rings (SSSR count). The maximum absolute atomic E-state index is 12.7. The Labute approximate surface area is 182 Å². The molecule has 0 atom stereocenters. The molecule has 3 aromatic rings. The molecule has 0 aliphatic carbocycles. The van der Waals surface area contributed by atoms with Gasteiger partial charge in [-0.1, -0.05) is 25.5 Å². The van der Waals surface area contributed by atoms with Crippen LogP contribution in [0.3, 0.4) is 0 Å². The number of amides is 2. The lowest BCUT2D eigenvalue weighted by Crippen LogP contribution is -2.16. The highest BCUT2D eigenvalue weighted by atomic mass is 16.5. The zero-order valence-corrected chi connectivity index (χ0v) is 17.7. The van der Waals surface area contributed by atoms with Crippen LogP contribution in [0.4, 0.5) is 11.4 Å². The van der Waals surface area contributed by atoms with E-state index >= 15 is 0 Å². The summed E-state index contributed by atoms with van der Waals surface area (Å²) in [5.41, 5.74) is 2.01. The van der Waals surface area contributed by atoms with Crippen molar-refractivity contribution < 1.29 is 19.1 Å². The predicted octanol–water partition coefficient (Wildman–Crippen LogP) is 5.38. The van der Waals surface area contributed by atoms with Crippen molar-refractivity contribution in [2.24, 2.45) is 0 Å².